The van der Waals surface area contributed by atoms with Gasteiger partial charge < -0.3 is 14.9 Å². The monoisotopic (exact) mass is 637 g/mol. The molecule has 7 heteroatoms. The summed E-state index contributed by atoms with van der Waals surface area (Å²) in [7, 11) is 3.75. The maximum atomic E-state index is 9.30. The molecule has 0 saturated carbocycles. The second kappa shape index (κ2) is 18.3. The Hall–Kier alpha value is -3.68. The SMILES string of the molecule is O\C=C/C(=C\C=N\CCSSCC[n+]1ccc(/C=C/c2ccc(N3CCCC3)cc2)cc1)/C=C/c1ccc(N2CCCC2)cc1. The van der Waals surface area contributed by atoms with Gasteiger partial charge in [-0.15, -0.1) is 0 Å². The average Bonchev–Trinajstić information content (AvgIpc) is 3.82. The van der Waals surface area contributed by atoms with Crippen LogP contribution in [0.5, 0.6) is 0 Å². The number of allylic oxidation sites excluding steroid dienone is 4. The molecule has 0 unspecified atom stereocenters. The van der Waals surface area contributed by atoms with E-state index in [1.54, 1.807) is 6.08 Å². The number of hydrogen-bond acceptors (Lipinski definition) is 6. The molecule has 1 aromatic heterocycles. The van der Waals surface area contributed by atoms with Gasteiger partial charge in [0.05, 0.1) is 12.0 Å². The molecule has 0 aliphatic carbocycles. The highest BCUT2D eigenvalue weighted by atomic mass is 33.1. The van der Waals surface area contributed by atoms with Crippen molar-refractivity contribution in [3.05, 3.63) is 120 Å². The molecule has 3 aromatic rings. The predicted octanol–water partition coefficient (Wildman–Crippen LogP) is 8.51. The zero-order valence-electron chi connectivity index (χ0n) is 26.1. The maximum absolute atomic E-state index is 9.30. The van der Waals surface area contributed by atoms with E-state index in [2.05, 4.69) is 111 Å². The van der Waals surface area contributed by atoms with E-state index >= 15 is 0 Å². The smallest absolute Gasteiger partial charge is 0.169 e. The number of aromatic nitrogens is 1. The van der Waals surface area contributed by atoms with Crippen molar-refractivity contribution in [2.24, 2.45) is 4.99 Å². The van der Waals surface area contributed by atoms with Gasteiger partial charge in [-0.3, -0.25) is 4.99 Å². The molecule has 5 rings (SSSR count). The van der Waals surface area contributed by atoms with Crippen molar-refractivity contribution in [2.75, 3.05) is 54.0 Å². The summed E-state index contributed by atoms with van der Waals surface area (Å²) in [6, 6.07) is 21.9. The Morgan fingerprint density at radius 1 is 0.689 bits per heavy atom. The lowest BCUT2D eigenvalue weighted by Crippen LogP contribution is -2.33. The number of benzene rings is 2. The highest BCUT2D eigenvalue weighted by molar-refractivity contribution is 8.76. The molecule has 2 aliphatic heterocycles. The largest absolute Gasteiger partial charge is 0.516 e. The van der Waals surface area contributed by atoms with Crippen molar-refractivity contribution in [2.45, 2.75) is 32.2 Å². The number of aryl methyl sites for hydroxylation is 1. The third kappa shape index (κ3) is 11.0. The molecule has 2 aliphatic rings. The zero-order chi connectivity index (χ0) is 30.9. The van der Waals surface area contributed by atoms with Gasteiger partial charge in [-0.25, -0.2) is 4.57 Å². The summed E-state index contributed by atoms with van der Waals surface area (Å²) in [5.74, 6) is 2.01. The van der Waals surface area contributed by atoms with Gasteiger partial charge in [-0.2, -0.15) is 0 Å². The predicted molar refractivity (Wildman–Crippen MR) is 199 cm³/mol. The molecule has 2 aromatic carbocycles. The summed E-state index contributed by atoms with van der Waals surface area (Å²) in [5, 5.41) is 9.30. The van der Waals surface area contributed by atoms with Crippen molar-refractivity contribution in [3.8, 4) is 0 Å². The molecule has 2 saturated heterocycles. The molecule has 1 N–H and O–H groups in total. The van der Waals surface area contributed by atoms with Crippen LogP contribution in [0.2, 0.25) is 0 Å². The van der Waals surface area contributed by atoms with Gasteiger partial charge >= 0.3 is 0 Å². The number of pyridine rings is 1. The van der Waals surface area contributed by atoms with Crippen molar-refractivity contribution >= 4 is 57.4 Å². The number of hydrogen-bond donors (Lipinski definition) is 1. The Morgan fingerprint density at radius 2 is 1.22 bits per heavy atom. The van der Waals surface area contributed by atoms with Gasteiger partial charge in [-0.05, 0) is 84.4 Å². The average molecular weight is 638 g/mol. The van der Waals surface area contributed by atoms with Crippen LogP contribution in [0.15, 0.2) is 108 Å². The van der Waals surface area contributed by atoms with Gasteiger partial charge in [0.25, 0.3) is 0 Å². The fourth-order valence-electron chi connectivity index (χ4n) is 5.47. The molecule has 0 spiro atoms. The van der Waals surface area contributed by atoms with Gasteiger partial charge in [0.2, 0.25) is 0 Å². The second-order valence-electron chi connectivity index (χ2n) is 11.3. The van der Waals surface area contributed by atoms with E-state index in [9.17, 15) is 5.11 Å². The first-order valence-corrected chi connectivity index (χ1v) is 18.6. The van der Waals surface area contributed by atoms with E-state index in [1.165, 1.54) is 61.3 Å². The minimum atomic E-state index is 0.765. The summed E-state index contributed by atoms with van der Waals surface area (Å²) in [4.78, 5) is 9.43. The molecular weight excluding hydrogens is 593 g/mol. The van der Waals surface area contributed by atoms with Crippen LogP contribution in [0.1, 0.15) is 42.4 Å². The summed E-state index contributed by atoms with van der Waals surface area (Å²) < 4.78 is 2.24. The van der Waals surface area contributed by atoms with Gasteiger partial charge in [-0.1, -0.05) is 70.2 Å². The first kappa shape index (κ1) is 32.7. The summed E-state index contributed by atoms with van der Waals surface area (Å²) >= 11 is 0. The van der Waals surface area contributed by atoms with E-state index in [4.69, 9.17) is 0 Å². The Labute approximate surface area is 277 Å². The Bertz CT molecular complexity index is 1450. The number of aliphatic imine (C=N–C) groups is 1. The highest BCUT2D eigenvalue weighted by Gasteiger charge is 2.12. The van der Waals surface area contributed by atoms with Gasteiger partial charge in [0, 0.05) is 68.2 Å². The topological polar surface area (TPSA) is 43.0 Å². The third-order valence-electron chi connectivity index (χ3n) is 8.04. The summed E-state index contributed by atoms with van der Waals surface area (Å²) in [6.07, 6.45) is 24.5. The number of aliphatic hydroxyl groups is 1. The first-order valence-electron chi connectivity index (χ1n) is 16.1. The standard InChI is InChI=1S/C38H44N4OS2/c43-30-20-35(7-5-33-9-13-37(14-10-33)41-23-1-2-24-41)17-21-39-22-31-44-45-32-29-40-27-18-36(19-28-40)8-6-34-11-15-38(16-12-34)42-25-3-4-26-42/h5-21,27-28,30H,1-4,22-26,29,31-32H2/p+1/b7-5+. The molecule has 2 fully saturated rings. The van der Waals surface area contributed by atoms with E-state index < -0.39 is 0 Å². The lowest BCUT2D eigenvalue weighted by Gasteiger charge is -2.17. The second-order valence-corrected chi connectivity index (χ2v) is 14.0. The lowest BCUT2D eigenvalue weighted by molar-refractivity contribution is -0.692. The van der Waals surface area contributed by atoms with Crippen LogP contribution in [0.25, 0.3) is 18.2 Å². The van der Waals surface area contributed by atoms with Crippen LogP contribution in [0, 0.1) is 0 Å². The molecule has 0 atom stereocenters. The van der Waals surface area contributed by atoms with Crippen LogP contribution in [0.4, 0.5) is 11.4 Å². The minimum Gasteiger partial charge on any atom is -0.516 e. The number of anilines is 2. The Balaban J connectivity index is 0.960. The molecule has 0 bridgehead atoms. The van der Waals surface area contributed by atoms with Crippen molar-refractivity contribution in [1.82, 2.24) is 0 Å². The molecule has 5 nitrogen and oxygen atoms in total. The fourth-order valence-corrected chi connectivity index (χ4v) is 7.33. The van der Waals surface area contributed by atoms with E-state index in [0.717, 1.165) is 55.1 Å². The first-order chi connectivity index (χ1) is 22.3. The quantitative estimate of drug-likeness (QED) is 0.0452. The molecule has 0 amide bonds. The molecule has 234 valence electrons. The maximum Gasteiger partial charge on any atom is 0.169 e. The summed E-state index contributed by atoms with van der Waals surface area (Å²) in [6.45, 7) is 6.42. The highest BCUT2D eigenvalue weighted by Crippen LogP contribution is 2.23. The molecule has 45 heavy (non-hydrogen) atoms. The molecule has 3 heterocycles. The van der Waals surface area contributed by atoms with Crippen LogP contribution >= 0.6 is 21.6 Å². The van der Waals surface area contributed by atoms with E-state index in [-0.39, 0.29) is 0 Å². The Kier molecular flexibility index (Phi) is 13.3. The van der Waals surface area contributed by atoms with Crippen molar-refractivity contribution < 1.29 is 9.67 Å². The van der Waals surface area contributed by atoms with Gasteiger partial charge in [0.15, 0.2) is 18.9 Å². The van der Waals surface area contributed by atoms with E-state index in [1.807, 2.05) is 40.0 Å². The van der Waals surface area contributed by atoms with Crippen molar-refractivity contribution in [3.63, 3.8) is 0 Å². The van der Waals surface area contributed by atoms with Crippen LogP contribution in [0.3, 0.4) is 0 Å². The van der Waals surface area contributed by atoms with E-state index in [0.29, 0.717) is 0 Å². The van der Waals surface area contributed by atoms with Gasteiger partial charge in [0.1, 0.15) is 0 Å². The molecular formula is C38H45N4OS2+. The fraction of sp³-hybridized carbons (Fsp3) is 0.316. The van der Waals surface area contributed by atoms with Crippen molar-refractivity contribution in [1.29, 1.82) is 0 Å². The normalized spacial score (nSPS) is 16.0. The Morgan fingerprint density at radius 3 is 1.80 bits per heavy atom. The van der Waals surface area contributed by atoms with Crippen LogP contribution in [-0.4, -0.2) is 55.6 Å². The van der Waals surface area contributed by atoms with Crippen LogP contribution in [-0.2, 0) is 6.54 Å². The lowest BCUT2D eigenvalue weighted by atomic mass is 10.1. The molecule has 0 radical (unpaired) electrons. The number of rotatable bonds is 15. The van der Waals surface area contributed by atoms with Crippen LogP contribution < -0.4 is 14.4 Å². The number of nitrogens with zero attached hydrogens (tertiary/aromatic N) is 4. The number of aliphatic hydroxyl groups excluding tert-OH is 1. The summed E-state index contributed by atoms with van der Waals surface area (Å²) in [5.41, 5.74) is 7.12. The third-order valence-corrected chi connectivity index (χ3v) is 10.4. The zero-order valence-corrected chi connectivity index (χ0v) is 27.7. The minimum absolute atomic E-state index is 0.765.